The Balaban J connectivity index is 1.52. The molecule has 0 unspecified atom stereocenters. The Labute approximate surface area is 176 Å². The van der Waals surface area contributed by atoms with Crippen LogP contribution in [0.3, 0.4) is 0 Å². The number of benzene rings is 2. The van der Waals surface area contributed by atoms with E-state index >= 15 is 0 Å². The fourth-order valence-corrected chi connectivity index (χ4v) is 3.26. The van der Waals surface area contributed by atoms with Crippen LogP contribution in [-0.4, -0.2) is 23.2 Å². The smallest absolute Gasteiger partial charge is 0.231 e. The first-order chi connectivity index (χ1) is 14.0. The van der Waals surface area contributed by atoms with Crippen LogP contribution in [0.25, 0.3) is 6.08 Å². The number of rotatable bonds is 5. The summed E-state index contributed by atoms with van der Waals surface area (Å²) in [7, 11) is 0. The van der Waals surface area contributed by atoms with Crippen LogP contribution in [0.4, 0.5) is 0 Å². The normalized spacial score (nSPS) is 13.9. The highest BCUT2D eigenvalue weighted by Gasteiger charge is 2.30. The fourth-order valence-electron chi connectivity index (χ4n) is 3.00. The van der Waals surface area contributed by atoms with Gasteiger partial charge < -0.3 is 9.47 Å². The molecule has 1 aliphatic rings. The molecule has 0 atom stereocenters. The number of pyridine rings is 1. The number of aromatic nitrogens is 1. The van der Waals surface area contributed by atoms with Crippen molar-refractivity contribution in [2.75, 3.05) is 6.61 Å². The molecule has 29 heavy (non-hydrogen) atoms. The van der Waals surface area contributed by atoms with Gasteiger partial charge >= 0.3 is 0 Å². The van der Waals surface area contributed by atoms with E-state index < -0.39 is 0 Å². The van der Waals surface area contributed by atoms with Gasteiger partial charge in [0.1, 0.15) is 11.5 Å². The van der Waals surface area contributed by atoms with Gasteiger partial charge in [0, 0.05) is 28.0 Å². The highest BCUT2D eigenvalue weighted by molar-refractivity contribution is 9.10. The van der Waals surface area contributed by atoms with Crippen LogP contribution in [-0.2, 0) is 0 Å². The van der Waals surface area contributed by atoms with Crippen molar-refractivity contribution in [3.05, 3.63) is 93.4 Å². The minimum absolute atomic E-state index is 0.102. The number of fused-ring (bicyclic) bond motifs is 1. The molecule has 144 valence electrons. The Morgan fingerprint density at radius 1 is 1.10 bits per heavy atom. The number of ether oxygens (including phenoxy) is 2. The maximum absolute atomic E-state index is 12.6. The minimum Gasteiger partial charge on any atom is -0.485 e. The molecular weight excluding hydrogens is 434 g/mol. The highest BCUT2D eigenvalue weighted by atomic mass is 79.9. The highest BCUT2D eigenvalue weighted by Crippen LogP contribution is 2.39. The number of carbonyl (C=O) groups excluding carboxylic acids is 2. The van der Waals surface area contributed by atoms with Gasteiger partial charge in [-0.15, -0.1) is 0 Å². The maximum atomic E-state index is 12.6. The lowest BCUT2D eigenvalue weighted by Gasteiger charge is -2.11. The Hall–Kier alpha value is -3.25. The molecule has 2 aromatic carbocycles. The van der Waals surface area contributed by atoms with Gasteiger partial charge in [-0.3, -0.25) is 14.6 Å². The summed E-state index contributed by atoms with van der Waals surface area (Å²) in [5, 5.41) is 0. The third-order valence-electron chi connectivity index (χ3n) is 4.57. The summed E-state index contributed by atoms with van der Waals surface area (Å²) in [4.78, 5) is 28.9. The summed E-state index contributed by atoms with van der Waals surface area (Å²) < 4.78 is 12.4. The molecular formula is C23H16BrNO4. The molecule has 6 heteroatoms. The van der Waals surface area contributed by atoms with Gasteiger partial charge in [0.2, 0.25) is 5.78 Å². The van der Waals surface area contributed by atoms with Crippen LogP contribution in [0, 0.1) is 6.92 Å². The molecule has 4 rings (SSSR count). The standard InChI is InChI=1S/C23H16BrNO4/c1-14-20(28-13-19(26)16-2-4-17(24)5-3-16)7-6-18-22(27)21(29-23(14)18)12-15-8-10-25-11-9-15/h2-12H,13H2,1H3/b21-12-. The molecule has 2 heterocycles. The molecule has 1 aromatic heterocycles. The molecule has 0 saturated carbocycles. The quantitative estimate of drug-likeness (QED) is 0.403. The summed E-state index contributed by atoms with van der Waals surface area (Å²) in [5.74, 6) is 0.901. The van der Waals surface area contributed by atoms with E-state index in [1.165, 1.54) is 0 Å². The Morgan fingerprint density at radius 3 is 2.55 bits per heavy atom. The Morgan fingerprint density at radius 2 is 1.83 bits per heavy atom. The number of nitrogens with zero attached hydrogens (tertiary/aromatic N) is 1. The first-order valence-electron chi connectivity index (χ1n) is 8.92. The SMILES string of the molecule is Cc1c(OCC(=O)c2ccc(Br)cc2)ccc2c1O/C(=C\c1ccncc1)C2=O. The fraction of sp³-hybridized carbons (Fsp3) is 0.0870. The van der Waals surface area contributed by atoms with Gasteiger partial charge in [-0.05, 0) is 55.0 Å². The summed E-state index contributed by atoms with van der Waals surface area (Å²) in [6.45, 7) is 1.70. The predicted octanol–water partition coefficient (Wildman–Crippen LogP) is 5.03. The summed E-state index contributed by atoms with van der Waals surface area (Å²) in [5.41, 5.74) is 2.55. The lowest BCUT2D eigenvalue weighted by molar-refractivity contribution is 0.0920. The number of Topliss-reactive ketones (excluding diaryl/α,β-unsaturated/α-hetero) is 2. The van der Waals surface area contributed by atoms with Gasteiger partial charge in [-0.2, -0.15) is 0 Å². The zero-order valence-corrected chi connectivity index (χ0v) is 17.1. The minimum atomic E-state index is -0.183. The van der Waals surface area contributed by atoms with Crippen molar-refractivity contribution in [2.24, 2.45) is 0 Å². The number of allylic oxidation sites excluding steroid dienone is 1. The monoisotopic (exact) mass is 449 g/mol. The van der Waals surface area contributed by atoms with E-state index in [4.69, 9.17) is 9.47 Å². The molecule has 0 spiro atoms. The first-order valence-corrected chi connectivity index (χ1v) is 9.71. The maximum Gasteiger partial charge on any atom is 0.231 e. The van der Waals surface area contributed by atoms with Crippen LogP contribution >= 0.6 is 15.9 Å². The Kier molecular flexibility index (Phi) is 5.27. The molecule has 0 radical (unpaired) electrons. The van der Waals surface area contributed by atoms with Crippen molar-refractivity contribution in [1.29, 1.82) is 0 Å². The van der Waals surface area contributed by atoms with E-state index in [2.05, 4.69) is 20.9 Å². The molecule has 0 saturated heterocycles. The molecule has 3 aromatic rings. The van der Waals surface area contributed by atoms with Gasteiger partial charge in [-0.1, -0.05) is 28.1 Å². The lowest BCUT2D eigenvalue weighted by Crippen LogP contribution is -2.12. The summed E-state index contributed by atoms with van der Waals surface area (Å²) in [6, 6.07) is 14.0. The first kappa shape index (κ1) is 19.1. The van der Waals surface area contributed by atoms with E-state index in [1.807, 2.05) is 12.1 Å². The molecule has 5 nitrogen and oxygen atoms in total. The second kappa shape index (κ2) is 8.01. The zero-order chi connectivity index (χ0) is 20.4. The van der Waals surface area contributed by atoms with Gasteiger partial charge in [0.05, 0.1) is 5.56 Å². The molecule has 0 bridgehead atoms. The van der Waals surface area contributed by atoms with Crippen molar-refractivity contribution < 1.29 is 19.1 Å². The molecule has 0 amide bonds. The van der Waals surface area contributed by atoms with Crippen molar-refractivity contribution in [3.63, 3.8) is 0 Å². The summed E-state index contributed by atoms with van der Waals surface area (Å²) >= 11 is 3.35. The van der Waals surface area contributed by atoms with Crippen LogP contribution in [0.15, 0.2) is 71.2 Å². The number of hydrogen-bond donors (Lipinski definition) is 0. The van der Waals surface area contributed by atoms with Crippen LogP contribution in [0.1, 0.15) is 31.8 Å². The third kappa shape index (κ3) is 3.98. The van der Waals surface area contributed by atoms with E-state index in [0.29, 0.717) is 28.2 Å². The zero-order valence-electron chi connectivity index (χ0n) is 15.5. The van der Waals surface area contributed by atoms with E-state index in [-0.39, 0.29) is 23.9 Å². The molecule has 1 aliphatic heterocycles. The van der Waals surface area contributed by atoms with Crippen molar-refractivity contribution in [1.82, 2.24) is 4.98 Å². The lowest BCUT2D eigenvalue weighted by atomic mass is 10.1. The number of halogens is 1. The molecule has 0 aliphatic carbocycles. The number of hydrogen-bond acceptors (Lipinski definition) is 5. The summed E-state index contributed by atoms with van der Waals surface area (Å²) in [6.07, 6.45) is 4.98. The average molecular weight is 450 g/mol. The predicted molar refractivity (Wildman–Crippen MR) is 112 cm³/mol. The van der Waals surface area contributed by atoms with Crippen molar-refractivity contribution >= 4 is 33.6 Å². The topological polar surface area (TPSA) is 65.5 Å². The second-order valence-electron chi connectivity index (χ2n) is 6.50. The molecule has 0 N–H and O–H groups in total. The van der Waals surface area contributed by atoms with E-state index in [1.54, 1.807) is 61.8 Å². The van der Waals surface area contributed by atoms with Crippen LogP contribution in [0.5, 0.6) is 11.5 Å². The largest absolute Gasteiger partial charge is 0.485 e. The average Bonchev–Trinajstić information content (AvgIpc) is 3.05. The van der Waals surface area contributed by atoms with Crippen molar-refractivity contribution in [3.8, 4) is 11.5 Å². The third-order valence-corrected chi connectivity index (χ3v) is 5.09. The number of carbonyl (C=O) groups is 2. The Bertz CT molecular complexity index is 1120. The van der Waals surface area contributed by atoms with Crippen LogP contribution < -0.4 is 9.47 Å². The molecule has 0 fully saturated rings. The van der Waals surface area contributed by atoms with Crippen LogP contribution in [0.2, 0.25) is 0 Å². The van der Waals surface area contributed by atoms with Gasteiger partial charge in [-0.25, -0.2) is 0 Å². The van der Waals surface area contributed by atoms with E-state index in [9.17, 15) is 9.59 Å². The van der Waals surface area contributed by atoms with Gasteiger partial charge in [0.15, 0.2) is 18.1 Å². The number of ketones is 2. The van der Waals surface area contributed by atoms with Gasteiger partial charge in [0.25, 0.3) is 0 Å². The van der Waals surface area contributed by atoms with E-state index in [0.717, 1.165) is 10.0 Å². The second-order valence-corrected chi connectivity index (χ2v) is 7.42. The van der Waals surface area contributed by atoms with Crippen molar-refractivity contribution in [2.45, 2.75) is 6.92 Å².